The van der Waals surface area contributed by atoms with Gasteiger partial charge in [0.1, 0.15) is 0 Å². The van der Waals surface area contributed by atoms with Crippen molar-refractivity contribution < 1.29 is 12.8 Å². The first-order valence-electron chi connectivity index (χ1n) is 10.3. The Morgan fingerprint density at radius 2 is 1.67 bits per heavy atom. The largest absolute Gasteiger partial charge is 0.421 e. The molecule has 0 N–H and O–H groups in total. The van der Waals surface area contributed by atoms with E-state index in [2.05, 4.69) is 18.7 Å². The summed E-state index contributed by atoms with van der Waals surface area (Å²) in [7, 11) is -3.52. The van der Waals surface area contributed by atoms with Gasteiger partial charge in [0.15, 0.2) is 5.58 Å². The van der Waals surface area contributed by atoms with Crippen LogP contribution in [0.25, 0.3) is 11.1 Å². The molecule has 0 saturated carbocycles. The number of nitrogens with zero attached hydrogens (tertiary/aromatic N) is 3. The number of benzene rings is 2. The van der Waals surface area contributed by atoms with Crippen LogP contribution in [0.5, 0.6) is 0 Å². The van der Waals surface area contributed by atoms with Gasteiger partial charge in [0.25, 0.3) is 0 Å². The summed E-state index contributed by atoms with van der Waals surface area (Å²) in [5.74, 6) is 0.0142. The summed E-state index contributed by atoms with van der Waals surface area (Å²) in [5.41, 5.74) is 2.46. The van der Waals surface area contributed by atoms with Crippen molar-refractivity contribution in [1.82, 2.24) is 13.8 Å². The van der Waals surface area contributed by atoms with Crippen LogP contribution in [0.1, 0.15) is 31.7 Å². The molecule has 3 aromatic rings. The fourth-order valence-electron chi connectivity index (χ4n) is 3.81. The number of sulfonamides is 1. The van der Waals surface area contributed by atoms with Crippen LogP contribution in [0.15, 0.2) is 62.6 Å². The van der Waals surface area contributed by atoms with Crippen LogP contribution in [-0.2, 0) is 16.7 Å². The Morgan fingerprint density at radius 1 is 1.00 bits per heavy atom. The Labute approximate surface area is 176 Å². The molecule has 1 aliphatic rings. The third-order valence-corrected chi connectivity index (χ3v) is 7.86. The lowest BCUT2D eigenvalue weighted by atomic mass is 9.99. The molecule has 7 nitrogen and oxygen atoms in total. The first-order valence-corrected chi connectivity index (χ1v) is 11.7. The van der Waals surface area contributed by atoms with Gasteiger partial charge in [-0.15, -0.1) is 0 Å². The minimum Gasteiger partial charge on any atom is -0.408 e. The first kappa shape index (κ1) is 20.8. The number of rotatable bonds is 6. The Morgan fingerprint density at radius 3 is 2.33 bits per heavy atom. The van der Waals surface area contributed by atoms with Crippen molar-refractivity contribution in [2.75, 3.05) is 26.2 Å². The standard InChI is InChI=1S/C22H27N3O4S/c1-3-17(2)18-8-10-19(11-9-18)30(27,28)24-14-12-23(13-15-24)16-25-20-6-4-5-7-21(20)29-22(25)26/h4-11,17H,3,12-16H2,1-2H3. The lowest BCUT2D eigenvalue weighted by Crippen LogP contribution is -2.49. The second kappa shape index (κ2) is 8.37. The summed E-state index contributed by atoms with van der Waals surface area (Å²) in [6.45, 7) is 6.52. The van der Waals surface area contributed by atoms with Crippen LogP contribution >= 0.6 is 0 Å². The van der Waals surface area contributed by atoms with E-state index in [0.717, 1.165) is 17.5 Å². The van der Waals surface area contributed by atoms with E-state index in [1.54, 1.807) is 22.8 Å². The van der Waals surface area contributed by atoms with E-state index < -0.39 is 15.8 Å². The molecule has 4 rings (SSSR count). The number of fused-ring (bicyclic) bond motifs is 1. The van der Waals surface area contributed by atoms with Gasteiger partial charge < -0.3 is 4.42 Å². The van der Waals surface area contributed by atoms with Gasteiger partial charge in [-0.2, -0.15) is 4.31 Å². The fraction of sp³-hybridized carbons (Fsp3) is 0.409. The number of hydrogen-bond acceptors (Lipinski definition) is 5. The normalized spacial score (nSPS) is 17.4. The van der Waals surface area contributed by atoms with Gasteiger partial charge in [0, 0.05) is 26.2 Å². The maximum absolute atomic E-state index is 13.0. The Hall–Kier alpha value is -2.42. The summed E-state index contributed by atoms with van der Waals surface area (Å²) in [6.07, 6.45) is 1.02. The van der Waals surface area contributed by atoms with Crippen LogP contribution in [0, 0.1) is 0 Å². The van der Waals surface area contributed by atoms with Gasteiger partial charge in [0.05, 0.1) is 17.1 Å². The lowest BCUT2D eigenvalue weighted by molar-refractivity contribution is 0.150. The first-order chi connectivity index (χ1) is 14.4. The lowest BCUT2D eigenvalue weighted by Gasteiger charge is -2.33. The van der Waals surface area contributed by atoms with Crippen molar-refractivity contribution in [3.05, 3.63) is 64.6 Å². The molecule has 8 heteroatoms. The Bertz CT molecular complexity index is 1170. The molecule has 1 saturated heterocycles. The maximum atomic E-state index is 13.0. The Kier molecular flexibility index (Phi) is 5.81. The summed E-state index contributed by atoms with van der Waals surface area (Å²) in [4.78, 5) is 14.6. The summed E-state index contributed by atoms with van der Waals surface area (Å²) in [5, 5.41) is 0. The highest BCUT2D eigenvalue weighted by molar-refractivity contribution is 7.89. The van der Waals surface area contributed by atoms with Crippen LogP contribution in [0.4, 0.5) is 0 Å². The molecule has 1 aliphatic heterocycles. The van der Waals surface area contributed by atoms with Crippen LogP contribution < -0.4 is 5.76 Å². The van der Waals surface area contributed by atoms with Crippen molar-refractivity contribution in [3.8, 4) is 0 Å². The highest BCUT2D eigenvalue weighted by Gasteiger charge is 2.29. The highest BCUT2D eigenvalue weighted by Crippen LogP contribution is 2.23. The minimum atomic E-state index is -3.52. The highest BCUT2D eigenvalue weighted by atomic mass is 32.2. The fourth-order valence-corrected chi connectivity index (χ4v) is 5.23. The summed E-state index contributed by atoms with van der Waals surface area (Å²) >= 11 is 0. The molecule has 0 amide bonds. The number of aromatic nitrogens is 1. The molecular weight excluding hydrogens is 402 g/mol. The maximum Gasteiger partial charge on any atom is 0.421 e. The van der Waals surface area contributed by atoms with Crippen molar-refractivity contribution in [2.45, 2.75) is 37.8 Å². The van der Waals surface area contributed by atoms with E-state index in [1.165, 1.54) is 4.31 Å². The van der Waals surface area contributed by atoms with E-state index in [9.17, 15) is 13.2 Å². The molecular formula is C22H27N3O4S. The molecule has 1 unspecified atom stereocenters. The minimum absolute atomic E-state index is 0.333. The SMILES string of the molecule is CCC(C)c1ccc(S(=O)(=O)N2CCN(Cn3c(=O)oc4ccccc43)CC2)cc1. The molecule has 160 valence electrons. The number of oxazole rings is 1. The molecule has 30 heavy (non-hydrogen) atoms. The molecule has 1 atom stereocenters. The van der Waals surface area contributed by atoms with Crippen LogP contribution in [-0.4, -0.2) is 48.4 Å². The van der Waals surface area contributed by atoms with E-state index in [4.69, 9.17) is 4.42 Å². The Balaban J connectivity index is 1.43. The smallest absolute Gasteiger partial charge is 0.408 e. The average molecular weight is 430 g/mol. The van der Waals surface area contributed by atoms with Crippen LogP contribution in [0.2, 0.25) is 0 Å². The van der Waals surface area contributed by atoms with Crippen molar-refractivity contribution in [1.29, 1.82) is 0 Å². The van der Waals surface area contributed by atoms with E-state index >= 15 is 0 Å². The zero-order valence-corrected chi connectivity index (χ0v) is 18.1. The van der Waals surface area contributed by atoms with Gasteiger partial charge in [-0.05, 0) is 42.2 Å². The number of hydrogen-bond donors (Lipinski definition) is 0. The predicted molar refractivity (Wildman–Crippen MR) is 116 cm³/mol. The zero-order valence-electron chi connectivity index (χ0n) is 17.3. The zero-order chi connectivity index (χ0) is 21.3. The summed E-state index contributed by atoms with van der Waals surface area (Å²) in [6, 6.07) is 14.6. The molecule has 0 bridgehead atoms. The van der Waals surface area contributed by atoms with Gasteiger partial charge in [-0.1, -0.05) is 38.1 Å². The van der Waals surface area contributed by atoms with E-state index in [0.29, 0.717) is 49.2 Å². The second-order valence-corrected chi connectivity index (χ2v) is 9.74. The van der Waals surface area contributed by atoms with Crippen molar-refractivity contribution >= 4 is 21.1 Å². The van der Waals surface area contributed by atoms with Gasteiger partial charge in [0.2, 0.25) is 10.0 Å². The molecule has 2 aromatic carbocycles. The molecule has 1 fully saturated rings. The monoisotopic (exact) mass is 429 g/mol. The topological polar surface area (TPSA) is 75.8 Å². The molecule has 0 spiro atoms. The van der Waals surface area contributed by atoms with Gasteiger partial charge in [-0.25, -0.2) is 13.2 Å². The molecule has 0 aliphatic carbocycles. The van der Waals surface area contributed by atoms with Crippen molar-refractivity contribution in [2.24, 2.45) is 0 Å². The third-order valence-electron chi connectivity index (χ3n) is 5.95. The molecule has 0 radical (unpaired) electrons. The third kappa shape index (κ3) is 3.95. The van der Waals surface area contributed by atoms with E-state index in [-0.39, 0.29) is 0 Å². The van der Waals surface area contributed by atoms with Crippen LogP contribution in [0.3, 0.4) is 0 Å². The average Bonchev–Trinajstić information content (AvgIpc) is 3.08. The van der Waals surface area contributed by atoms with Crippen molar-refractivity contribution in [3.63, 3.8) is 0 Å². The van der Waals surface area contributed by atoms with E-state index in [1.807, 2.05) is 30.3 Å². The quantitative estimate of drug-likeness (QED) is 0.602. The number of para-hydroxylation sites is 2. The molecule has 1 aromatic heterocycles. The van der Waals surface area contributed by atoms with Gasteiger partial charge in [-0.3, -0.25) is 9.47 Å². The predicted octanol–water partition coefficient (Wildman–Crippen LogP) is 3.07. The van der Waals surface area contributed by atoms with Gasteiger partial charge >= 0.3 is 5.76 Å². The second-order valence-electron chi connectivity index (χ2n) is 7.81. The summed E-state index contributed by atoms with van der Waals surface area (Å²) < 4.78 is 34.5. The molecule has 2 heterocycles. The number of piperazine rings is 1.